The van der Waals surface area contributed by atoms with Crippen LogP contribution in [-0.4, -0.2) is 0 Å². The second-order valence-corrected chi connectivity index (χ2v) is 5.51. The molecule has 80 valence electrons. The molecule has 3 atom stereocenters. The van der Waals surface area contributed by atoms with Crippen molar-refractivity contribution in [3.05, 3.63) is 11.6 Å². The molecule has 0 aromatic rings. The molecule has 0 aromatic heterocycles. The Morgan fingerprint density at radius 2 is 1.93 bits per heavy atom. The Morgan fingerprint density at radius 3 is 2.64 bits per heavy atom. The van der Waals surface area contributed by atoms with Crippen molar-refractivity contribution in [1.82, 2.24) is 0 Å². The third-order valence-electron chi connectivity index (χ3n) is 4.20. The Balaban J connectivity index is 1.84. The van der Waals surface area contributed by atoms with Crippen LogP contribution in [0.5, 0.6) is 0 Å². The van der Waals surface area contributed by atoms with Gasteiger partial charge in [-0.3, -0.25) is 0 Å². The van der Waals surface area contributed by atoms with Crippen molar-refractivity contribution in [2.75, 3.05) is 0 Å². The summed E-state index contributed by atoms with van der Waals surface area (Å²) in [6.07, 6.45) is 12.6. The minimum atomic E-state index is 1.05. The summed E-state index contributed by atoms with van der Waals surface area (Å²) >= 11 is 0. The van der Waals surface area contributed by atoms with Gasteiger partial charge in [0.2, 0.25) is 0 Å². The van der Waals surface area contributed by atoms with Gasteiger partial charge in [-0.1, -0.05) is 18.6 Å². The first-order valence-corrected chi connectivity index (χ1v) is 6.43. The summed E-state index contributed by atoms with van der Waals surface area (Å²) < 4.78 is 0. The maximum absolute atomic E-state index is 2.47. The summed E-state index contributed by atoms with van der Waals surface area (Å²) in [5.74, 6) is 3.23. The zero-order valence-electron chi connectivity index (χ0n) is 9.76. The average molecular weight is 192 g/mol. The third kappa shape index (κ3) is 2.62. The van der Waals surface area contributed by atoms with Crippen LogP contribution in [0.4, 0.5) is 0 Å². The number of rotatable bonds is 1. The first-order chi connectivity index (χ1) is 6.77. The Bertz CT molecular complexity index is 214. The van der Waals surface area contributed by atoms with Gasteiger partial charge in [0.15, 0.2) is 0 Å². The van der Waals surface area contributed by atoms with Gasteiger partial charge in [-0.2, -0.15) is 0 Å². The minimum Gasteiger partial charge on any atom is -0.0856 e. The monoisotopic (exact) mass is 192 g/mol. The molecule has 0 bridgehead atoms. The lowest BCUT2D eigenvalue weighted by Crippen LogP contribution is -2.04. The fourth-order valence-electron chi connectivity index (χ4n) is 3.05. The Morgan fingerprint density at radius 1 is 1.21 bits per heavy atom. The molecule has 2 aliphatic carbocycles. The van der Waals surface area contributed by atoms with Crippen LogP contribution in [0.2, 0.25) is 0 Å². The van der Waals surface area contributed by atoms with Crippen LogP contribution < -0.4 is 0 Å². The molecule has 0 aromatic carbocycles. The maximum atomic E-state index is 2.47. The van der Waals surface area contributed by atoms with E-state index < -0.39 is 0 Å². The van der Waals surface area contributed by atoms with Gasteiger partial charge >= 0.3 is 0 Å². The molecule has 2 rings (SSSR count). The fourth-order valence-corrected chi connectivity index (χ4v) is 3.05. The van der Waals surface area contributed by atoms with Crippen molar-refractivity contribution in [2.24, 2.45) is 17.8 Å². The zero-order valence-corrected chi connectivity index (χ0v) is 9.76. The highest BCUT2D eigenvalue weighted by Crippen LogP contribution is 2.47. The van der Waals surface area contributed by atoms with Gasteiger partial charge in [0.1, 0.15) is 0 Å². The van der Waals surface area contributed by atoms with E-state index in [0.717, 1.165) is 17.8 Å². The summed E-state index contributed by atoms with van der Waals surface area (Å²) in [5.41, 5.74) is 1.63. The lowest BCUT2D eigenvalue weighted by atomic mass is 9.91. The molecule has 1 fully saturated rings. The van der Waals surface area contributed by atoms with E-state index in [4.69, 9.17) is 0 Å². The number of hydrogen-bond acceptors (Lipinski definition) is 0. The van der Waals surface area contributed by atoms with Gasteiger partial charge in [-0.15, -0.1) is 0 Å². The van der Waals surface area contributed by atoms with E-state index in [-0.39, 0.29) is 0 Å². The van der Waals surface area contributed by atoms with E-state index in [1.54, 1.807) is 5.57 Å². The van der Waals surface area contributed by atoms with E-state index in [9.17, 15) is 0 Å². The predicted molar refractivity (Wildman–Crippen MR) is 62.2 cm³/mol. The van der Waals surface area contributed by atoms with Crippen LogP contribution in [0.25, 0.3) is 0 Å². The molecule has 14 heavy (non-hydrogen) atoms. The van der Waals surface area contributed by atoms with Crippen molar-refractivity contribution < 1.29 is 0 Å². The second kappa shape index (κ2) is 4.51. The summed E-state index contributed by atoms with van der Waals surface area (Å²) in [6, 6.07) is 0. The molecule has 0 nitrogen and oxygen atoms in total. The summed E-state index contributed by atoms with van der Waals surface area (Å²) in [6.45, 7) is 4.74. The molecule has 0 spiro atoms. The lowest BCUT2D eigenvalue weighted by Gasteiger charge is -2.15. The average Bonchev–Trinajstić information content (AvgIpc) is 2.83. The molecule has 2 aliphatic rings. The topological polar surface area (TPSA) is 0 Å². The van der Waals surface area contributed by atoms with Crippen LogP contribution in [0.3, 0.4) is 0 Å². The zero-order chi connectivity index (χ0) is 9.97. The highest BCUT2D eigenvalue weighted by Gasteiger charge is 2.38. The van der Waals surface area contributed by atoms with E-state index in [1.807, 2.05) is 0 Å². The van der Waals surface area contributed by atoms with Crippen LogP contribution in [0, 0.1) is 17.8 Å². The summed E-state index contributed by atoms with van der Waals surface area (Å²) in [5, 5.41) is 0. The van der Waals surface area contributed by atoms with Crippen molar-refractivity contribution in [1.29, 1.82) is 0 Å². The van der Waals surface area contributed by atoms with Crippen molar-refractivity contribution in [3.63, 3.8) is 0 Å². The third-order valence-corrected chi connectivity index (χ3v) is 4.20. The van der Waals surface area contributed by atoms with Crippen molar-refractivity contribution >= 4 is 0 Å². The lowest BCUT2D eigenvalue weighted by molar-refractivity contribution is 0.368. The largest absolute Gasteiger partial charge is 0.0856 e. The molecule has 0 N–H and O–H groups in total. The fraction of sp³-hybridized carbons (Fsp3) is 0.857. The normalized spacial score (nSPS) is 39.3. The Hall–Kier alpha value is -0.260. The Labute approximate surface area is 88.8 Å². The van der Waals surface area contributed by atoms with Gasteiger partial charge in [-0.05, 0) is 69.6 Å². The van der Waals surface area contributed by atoms with Crippen LogP contribution in [0.1, 0.15) is 58.8 Å². The quantitative estimate of drug-likeness (QED) is 0.534. The second-order valence-electron chi connectivity index (χ2n) is 5.51. The molecule has 0 aliphatic heterocycles. The molecule has 0 amide bonds. The first kappa shape index (κ1) is 10.3. The van der Waals surface area contributed by atoms with Gasteiger partial charge in [-0.25, -0.2) is 0 Å². The first-order valence-electron chi connectivity index (χ1n) is 6.43. The molecular formula is C14H24. The molecule has 0 heteroatoms. The van der Waals surface area contributed by atoms with Crippen molar-refractivity contribution in [3.8, 4) is 0 Å². The molecular weight excluding hydrogens is 168 g/mol. The molecule has 3 unspecified atom stereocenters. The van der Waals surface area contributed by atoms with E-state index >= 15 is 0 Å². The summed E-state index contributed by atoms with van der Waals surface area (Å²) in [4.78, 5) is 0. The van der Waals surface area contributed by atoms with Crippen LogP contribution in [-0.2, 0) is 0 Å². The van der Waals surface area contributed by atoms with Crippen LogP contribution >= 0.6 is 0 Å². The van der Waals surface area contributed by atoms with Gasteiger partial charge in [0.25, 0.3) is 0 Å². The molecule has 0 saturated heterocycles. The SMILES string of the molecule is CC1=CCCCC(C2CC2C)CCC1. The maximum Gasteiger partial charge on any atom is -0.0323 e. The minimum absolute atomic E-state index is 1.05. The molecule has 1 saturated carbocycles. The number of hydrogen-bond donors (Lipinski definition) is 0. The standard InChI is InChI=1S/C14H24/c1-11-6-3-4-8-13(9-5-7-11)14-10-12(14)2/h6,12-14H,3-5,7-10H2,1-2H3. The molecule has 0 heterocycles. The van der Waals surface area contributed by atoms with Gasteiger partial charge in [0, 0.05) is 0 Å². The summed E-state index contributed by atoms with van der Waals surface area (Å²) in [7, 11) is 0. The van der Waals surface area contributed by atoms with Crippen LogP contribution in [0.15, 0.2) is 11.6 Å². The molecule has 0 radical (unpaired) electrons. The highest BCUT2D eigenvalue weighted by atomic mass is 14.4. The Kier molecular flexibility index (Phi) is 3.30. The van der Waals surface area contributed by atoms with Gasteiger partial charge in [0.05, 0.1) is 0 Å². The van der Waals surface area contributed by atoms with E-state index in [2.05, 4.69) is 19.9 Å². The number of allylic oxidation sites excluding steroid dienone is 2. The van der Waals surface area contributed by atoms with E-state index in [1.165, 1.54) is 44.9 Å². The smallest absolute Gasteiger partial charge is 0.0323 e. The highest BCUT2D eigenvalue weighted by molar-refractivity contribution is 4.99. The van der Waals surface area contributed by atoms with E-state index in [0.29, 0.717) is 0 Å². The van der Waals surface area contributed by atoms with Gasteiger partial charge < -0.3 is 0 Å². The predicted octanol–water partition coefficient (Wildman–Crippen LogP) is 4.56. The van der Waals surface area contributed by atoms with Crippen molar-refractivity contribution in [2.45, 2.75) is 58.8 Å².